The van der Waals surface area contributed by atoms with Crippen LogP contribution in [0, 0.1) is 22.7 Å². The van der Waals surface area contributed by atoms with Crippen molar-refractivity contribution in [2.75, 3.05) is 10.6 Å². The SMILES string of the molecule is CC1(C)CC1C(=O)Nc1ccc(C(O)c2ccc(NC(=O)C3CC3(C)C)cn2)cc1. The van der Waals surface area contributed by atoms with Crippen molar-refractivity contribution in [3.05, 3.63) is 53.9 Å². The van der Waals surface area contributed by atoms with Crippen LogP contribution in [0.5, 0.6) is 0 Å². The number of nitrogens with one attached hydrogen (secondary N) is 2. The minimum absolute atomic E-state index is 0.0160. The standard InChI is InChI=1S/C24H29N3O3/c1-23(2)11-17(23)21(29)26-15-7-5-14(6-8-15)20(28)19-10-9-16(13-25-19)27-22(30)18-12-24(18,3)4/h5-10,13,17-18,20,28H,11-12H2,1-4H3,(H,26,29)(H,27,30). The Hall–Kier alpha value is -2.73. The number of anilines is 2. The Bertz CT molecular complexity index is 885. The molecule has 6 heteroatoms. The van der Waals surface area contributed by atoms with Gasteiger partial charge in [0.2, 0.25) is 11.8 Å². The Kier molecular flexibility index (Phi) is 4.93. The van der Waals surface area contributed by atoms with Crippen LogP contribution in [0.1, 0.15) is 57.9 Å². The summed E-state index contributed by atoms with van der Waals surface area (Å²) in [7, 11) is 0. The van der Waals surface area contributed by atoms with E-state index in [2.05, 4.69) is 43.3 Å². The molecule has 6 nitrogen and oxygen atoms in total. The number of aromatic nitrogens is 1. The van der Waals surface area contributed by atoms with Gasteiger partial charge in [0.1, 0.15) is 6.10 Å². The van der Waals surface area contributed by atoms with Crippen molar-refractivity contribution in [1.82, 2.24) is 4.98 Å². The predicted molar refractivity (Wildman–Crippen MR) is 116 cm³/mol. The van der Waals surface area contributed by atoms with E-state index in [4.69, 9.17) is 0 Å². The molecule has 2 aliphatic rings. The summed E-state index contributed by atoms with van der Waals surface area (Å²) < 4.78 is 0. The van der Waals surface area contributed by atoms with Gasteiger partial charge in [0.05, 0.1) is 17.6 Å². The molecule has 4 rings (SSSR count). The highest BCUT2D eigenvalue weighted by Crippen LogP contribution is 2.52. The van der Waals surface area contributed by atoms with Crippen molar-refractivity contribution in [3.63, 3.8) is 0 Å². The number of nitrogens with zero attached hydrogens (tertiary/aromatic N) is 1. The molecule has 0 spiro atoms. The molecule has 2 amide bonds. The first-order chi connectivity index (χ1) is 14.1. The topological polar surface area (TPSA) is 91.3 Å². The van der Waals surface area contributed by atoms with Crippen molar-refractivity contribution in [3.8, 4) is 0 Å². The lowest BCUT2D eigenvalue weighted by Crippen LogP contribution is -2.17. The van der Waals surface area contributed by atoms with Crippen LogP contribution in [-0.4, -0.2) is 21.9 Å². The fraction of sp³-hybridized carbons (Fsp3) is 0.458. The van der Waals surface area contributed by atoms with Crippen LogP contribution in [0.4, 0.5) is 11.4 Å². The lowest BCUT2D eigenvalue weighted by molar-refractivity contribution is -0.118. The van der Waals surface area contributed by atoms with Crippen molar-refractivity contribution in [2.24, 2.45) is 22.7 Å². The normalized spacial score (nSPS) is 23.9. The molecule has 3 atom stereocenters. The van der Waals surface area contributed by atoms with Crippen LogP contribution >= 0.6 is 0 Å². The number of carbonyl (C=O) groups is 2. The van der Waals surface area contributed by atoms with E-state index < -0.39 is 6.10 Å². The highest BCUT2D eigenvalue weighted by Gasteiger charge is 2.51. The van der Waals surface area contributed by atoms with Gasteiger partial charge in [0.15, 0.2) is 0 Å². The number of pyridine rings is 1. The summed E-state index contributed by atoms with van der Waals surface area (Å²) in [5.41, 5.74) is 2.69. The molecule has 0 saturated heterocycles. The number of hydrogen-bond donors (Lipinski definition) is 3. The Labute approximate surface area is 177 Å². The number of amides is 2. The van der Waals surface area contributed by atoms with Gasteiger partial charge >= 0.3 is 0 Å². The van der Waals surface area contributed by atoms with Gasteiger partial charge in [0.25, 0.3) is 0 Å². The smallest absolute Gasteiger partial charge is 0.228 e. The number of carbonyl (C=O) groups excluding carboxylic acids is 2. The first-order valence-electron chi connectivity index (χ1n) is 10.4. The summed E-state index contributed by atoms with van der Waals surface area (Å²) in [5, 5.41) is 16.5. The third kappa shape index (κ3) is 4.24. The van der Waals surface area contributed by atoms with Gasteiger partial charge in [-0.25, -0.2) is 0 Å². The van der Waals surface area contributed by atoms with Crippen LogP contribution in [0.2, 0.25) is 0 Å². The van der Waals surface area contributed by atoms with Crippen molar-refractivity contribution < 1.29 is 14.7 Å². The summed E-state index contributed by atoms with van der Waals surface area (Å²) in [6.07, 6.45) is 2.50. The first-order valence-corrected chi connectivity index (χ1v) is 10.4. The average Bonchev–Trinajstić information content (AvgIpc) is 3.55. The molecular weight excluding hydrogens is 378 g/mol. The predicted octanol–water partition coefficient (Wildman–Crippen LogP) is 4.13. The summed E-state index contributed by atoms with van der Waals surface area (Å²) in [4.78, 5) is 28.7. The van der Waals surface area contributed by atoms with Crippen LogP contribution in [0.15, 0.2) is 42.6 Å². The van der Waals surface area contributed by atoms with Crippen molar-refractivity contribution in [2.45, 2.75) is 46.6 Å². The third-order valence-corrected chi connectivity index (χ3v) is 6.49. The van der Waals surface area contributed by atoms with E-state index in [1.54, 1.807) is 42.6 Å². The van der Waals surface area contributed by atoms with Crippen LogP contribution in [0.3, 0.4) is 0 Å². The lowest BCUT2D eigenvalue weighted by Gasteiger charge is -2.13. The molecule has 1 heterocycles. The van der Waals surface area contributed by atoms with Gasteiger partial charge in [0, 0.05) is 17.5 Å². The molecule has 2 saturated carbocycles. The average molecular weight is 408 g/mol. The molecule has 3 N–H and O–H groups in total. The molecule has 3 unspecified atom stereocenters. The maximum absolute atomic E-state index is 12.2. The van der Waals surface area contributed by atoms with E-state index in [0.29, 0.717) is 22.6 Å². The van der Waals surface area contributed by atoms with E-state index in [-0.39, 0.29) is 34.5 Å². The zero-order valence-electron chi connectivity index (χ0n) is 17.9. The van der Waals surface area contributed by atoms with Gasteiger partial charge < -0.3 is 15.7 Å². The fourth-order valence-electron chi connectivity index (χ4n) is 3.85. The van der Waals surface area contributed by atoms with Gasteiger partial charge in [-0.1, -0.05) is 39.8 Å². The van der Waals surface area contributed by atoms with Crippen LogP contribution < -0.4 is 10.6 Å². The van der Waals surface area contributed by atoms with E-state index >= 15 is 0 Å². The maximum atomic E-state index is 12.2. The first kappa shape index (κ1) is 20.5. The number of rotatable bonds is 6. The number of benzene rings is 1. The second kappa shape index (κ2) is 7.20. The zero-order valence-corrected chi connectivity index (χ0v) is 17.9. The molecule has 2 fully saturated rings. The lowest BCUT2D eigenvalue weighted by atomic mass is 10.1. The molecule has 158 valence electrons. The monoisotopic (exact) mass is 407 g/mol. The summed E-state index contributed by atoms with van der Waals surface area (Å²) >= 11 is 0. The number of hydrogen-bond acceptors (Lipinski definition) is 4. The maximum Gasteiger partial charge on any atom is 0.228 e. The molecule has 2 aliphatic carbocycles. The van der Waals surface area contributed by atoms with E-state index in [9.17, 15) is 14.7 Å². The molecule has 1 aromatic heterocycles. The number of aliphatic hydroxyl groups is 1. The Balaban J connectivity index is 1.35. The van der Waals surface area contributed by atoms with Gasteiger partial charge in [-0.15, -0.1) is 0 Å². The van der Waals surface area contributed by atoms with Crippen LogP contribution in [-0.2, 0) is 9.59 Å². The summed E-state index contributed by atoms with van der Waals surface area (Å²) in [5.74, 6) is 0.175. The van der Waals surface area contributed by atoms with Crippen molar-refractivity contribution >= 4 is 23.2 Å². The van der Waals surface area contributed by atoms with Gasteiger partial charge in [-0.05, 0) is 53.5 Å². The molecule has 0 aliphatic heterocycles. The van der Waals surface area contributed by atoms with Crippen molar-refractivity contribution in [1.29, 1.82) is 0 Å². The summed E-state index contributed by atoms with van der Waals surface area (Å²) in [6.45, 7) is 8.34. The molecule has 0 radical (unpaired) electrons. The van der Waals surface area contributed by atoms with Crippen LogP contribution in [0.25, 0.3) is 0 Å². The second-order valence-corrected chi connectivity index (χ2v) is 9.97. The quantitative estimate of drug-likeness (QED) is 0.671. The molecule has 2 aromatic rings. The minimum atomic E-state index is -0.885. The van der Waals surface area contributed by atoms with E-state index in [1.165, 1.54) is 0 Å². The largest absolute Gasteiger partial charge is 0.382 e. The highest BCUT2D eigenvalue weighted by atomic mass is 16.3. The van der Waals surface area contributed by atoms with E-state index in [0.717, 1.165) is 12.8 Å². The minimum Gasteiger partial charge on any atom is -0.382 e. The molecule has 30 heavy (non-hydrogen) atoms. The summed E-state index contributed by atoms with van der Waals surface area (Å²) in [6, 6.07) is 10.6. The highest BCUT2D eigenvalue weighted by molar-refractivity contribution is 5.95. The zero-order chi connectivity index (χ0) is 21.7. The van der Waals surface area contributed by atoms with E-state index in [1.807, 2.05) is 0 Å². The fourth-order valence-corrected chi connectivity index (χ4v) is 3.85. The Morgan fingerprint density at radius 1 is 0.900 bits per heavy atom. The van der Waals surface area contributed by atoms with Gasteiger partial charge in [-0.2, -0.15) is 0 Å². The Morgan fingerprint density at radius 3 is 1.80 bits per heavy atom. The Morgan fingerprint density at radius 2 is 1.37 bits per heavy atom. The number of aliphatic hydroxyl groups excluding tert-OH is 1. The molecule has 0 bridgehead atoms. The second-order valence-electron chi connectivity index (χ2n) is 9.97. The molecular formula is C24H29N3O3. The van der Waals surface area contributed by atoms with Gasteiger partial charge in [-0.3, -0.25) is 14.6 Å². The molecule has 1 aromatic carbocycles. The third-order valence-electron chi connectivity index (χ3n) is 6.49.